The van der Waals surface area contributed by atoms with E-state index >= 15 is 0 Å². The lowest BCUT2D eigenvalue weighted by molar-refractivity contribution is -0.0585. The van der Waals surface area contributed by atoms with Crippen molar-refractivity contribution in [2.45, 2.75) is 33.0 Å². The van der Waals surface area contributed by atoms with E-state index in [1.807, 2.05) is 60.7 Å². The Morgan fingerprint density at radius 3 is 2.54 bits per heavy atom. The molecule has 7 heteroatoms. The molecule has 2 aromatic heterocycles. The zero-order chi connectivity index (χ0) is 18.4. The summed E-state index contributed by atoms with van der Waals surface area (Å²) in [5, 5.41) is 6.33. The molecular weight excluding hydrogens is 370 g/mol. The van der Waals surface area contributed by atoms with E-state index in [9.17, 15) is 4.79 Å². The number of nitrogens with zero attached hydrogens (tertiary/aromatic N) is 3. The number of fused-ring (bicyclic) bond motifs is 1. The number of hydrogen-bond acceptors (Lipinski definition) is 4. The van der Waals surface area contributed by atoms with Crippen LogP contribution in [0.5, 0.6) is 0 Å². The second-order valence-electron chi connectivity index (χ2n) is 6.77. The third kappa shape index (κ3) is 3.13. The van der Waals surface area contributed by atoms with Crippen LogP contribution in [0.4, 0.5) is 0 Å². The number of ether oxygens (including phenoxy) is 1. The van der Waals surface area contributed by atoms with Gasteiger partial charge in [-0.1, -0.05) is 11.6 Å². The highest BCUT2D eigenvalue weighted by molar-refractivity contribution is 7.20. The molecule has 1 aromatic carbocycles. The molecule has 136 valence electrons. The first-order valence-electron chi connectivity index (χ1n) is 8.62. The maximum Gasteiger partial charge on any atom is 0.264 e. The smallest absolute Gasteiger partial charge is 0.264 e. The number of thiophene rings is 1. The van der Waals surface area contributed by atoms with Gasteiger partial charge in [-0.2, -0.15) is 5.10 Å². The van der Waals surface area contributed by atoms with Crippen molar-refractivity contribution in [1.82, 2.24) is 14.7 Å². The highest BCUT2D eigenvalue weighted by Crippen LogP contribution is 2.32. The number of rotatable bonds is 2. The average molecular weight is 390 g/mol. The molecule has 1 amide bonds. The molecule has 1 fully saturated rings. The Hall–Kier alpha value is -1.89. The molecule has 26 heavy (non-hydrogen) atoms. The van der Waals surface area contributed by atoms with Crippen LogP contribution in [0.15, 0.2) is 30.3 Å². The second-order valence-corrected chi connectivity index (χ2v) is 8.24. The second kappa shape index (κ2) is 6.68. The molecule has 1 saturated heterocycles. The Kier molecular flexibility index (Phi) is 4.50. The Labute approximate surface area is 161 Å². The molecule has 0 spiro atoms. The van der Waals surface area contributed by atoms with Gasteiger partial charge in [0.25, 0.3) is 5.91 Å². The fourth-order valence-corrected chi connectivity index (χ4v) is 4.69. The summed E-state index contributed by atoms with van der Waals surface area (Å²) in [7, 11) is 0. The van der Waals surface area contributed by atoms with Gasteiger partial charge < -0.3 is 9.64 Å². The van der Waals surface area contributed by atoms with Crippen molar-refractivity contribution in [2.24, 2.45) is 0 Å². The summed E-state index contributed by atoms with van der Waals surface area (Å²) in [6.45, 7) is 7.22. The Balaban J connectivity index is 1.70. The zero-order valence-electron chi connectivity index (χ0n) is 14.9. The minimum absolute atomic E-state index is 0.0587. The van der Waals surface area contributed by atoms with Crippen molar-refractivity contribution >= 4 is 39.1 Å². The number of carbonyl (C=O) groups excluding carboxylic acids is 1. The number of halogens is 1. The van der Waals surface area contributed by atoms with E-state index in [0.29, 0.717) is 18.1 Å². The molecule has 2 atom stereocenters. The number of aryl methyl sites for hydroxylation is 1. The van der Waals surface area contributed by atoms with E-state index in [-0.39, 0.29) is 18.1 Å². The van der Waals surface area contributed by atoms with Crippen LogP contribution < -0.4 is 0 Å². The van der Waals surface area contributed by atoms with Crippen molar-refractivity contribution in [3.63, 3.8) is 0 Å². The molecule has 2 unspecified atom stereocenters. The maximum absolute atomic E-state index is 13.0. The first-order chi connectivity index (χ1) is 12.4. The predicted molar refractivity (Wildman–Crippen MR) is 105 cm³/mol. The lowest BCUT2D eigenvalue weighted by atomic mass is 10.2. The molecule has 3 aromatic rings. The third-order valence-corrected chi connectivity index (χ3v) is 5.88. The normalized spacial score (nSPS) is 20.7. The number of amides is 1. The molecular formula is C19H20ClN3O2S. The van der Waals surface area contributed by atoms with Crippen LogP contribution >= 0.6 is 22.9 Å². The molecule has 0 aliphatic carbocycles. The van der Waals surface area contributed by atoms with Crippen LogP contribution in [-0.2, 0) is 4.74 Å². The standard InChI is InChI=1S/C19H20ClN3O2S/c1-11-9-22(10-12(2)25-11)18(24)17-8-16-13(3)21-23(19(16)26-17)15-6-4-14(20)5-7-15/h4-8,11-12H,9-10H2,1-3H3. The first-order valence-corrected chi connectivity index (χ1v) is 9.81. The number of aromatic nitrogens is 2. The van der Waals surface area contributed by atoms with Crippen LogP contribution in [0.3, 0.4) is 0 Å². The van der Waals surface area contributed by atoms with Gasteiger partial charge in [-0.3, -0.25) is 4.79 Å². The molecule has 5 nitrogen and oxygen atoms in total. The summed E-state index contributed by atoms with van der Waals surface area (Å²) < 4.78 is 7.62. The number of morpholine rings is 1. The van der Waals surface area contributed by atoms with Crippen molar-refractivity contribution in [1.29, 1.82) is 0 Å². The van der Waals surface area contributed by atoms with Crippen molar-refractivity contribution < 1.29 is 9.53 Å². The topological polar surface area (TPSA) is 47.4 Å². The van der Waals surface area contributed by atoms with E-state index in [2.05, 4.69) is 5.10 Å². The minimum atomic E-state index is 0.0587. The van der Waals surface area contributed by atoms with Crippen LogP contribution in [0.1, 0.15) is 29.2 Å². The van der Waals surface area contributed by atoms with Crippen LogP contribution in [-0.4, -0.2) is 45.9 Å². The largest absolute Gasteiger partial charge is 0.372 e. The van der Waals surface area contributed by atoms with Crippen LogP contribution in [0, 0.1) is 6.92 Å². The average Bonchev–Trinajstić information content (AvgIpc) is 3.15. The molecule has 0 radical (unpaired) electrons. The van der Waals surface area contributed by atoms with Gasteiger partial charge in [0.2, 0.25) is 0 Å². The van der Waals surface area contributed by atoms with E-state index in [0.717, 1.165) is 26.5 Å². The SMILES string of the molecule is Cc1nn(-c2ccc(Cl)cc2)c2sc(C(=O)N3CC(C)OC(C)C3)cc12. The summed E-state index contributed by atoms with van der Waals surface area (Å²) in [5.74, 6) is 0.0651. The Morgan fingerprint density at radius 2 is 1.88 bits per heavy atom. The van der Waals surface area contributed by atoms with Gasteiger partial charge in [0.15, 0.2) is 0 Å². The molecule has 4 rings (SSSR count). The number of hydrogen-bond donors (Lipinski definition) is 0. The summed E-state index contributed by atoms with van der Waals surface area (Å²) in [5.41, 5.74) is 1.84. The first kappa shape index (κ1) is 17.5. The number of carbonyl (C=O) groups is 1. The quantitative estimate of drug-likeness (QED) is 0.656. The van der Waals surface area contributed by atoms with Gasteiger partial charge in [-0.15, -0.1) is 11.3 Å². The summed E-state index contributed by atoms with van der Waals surface area (Å²) in [4.78, 5) is 16.6. The van der Waals surface area contributed by atoms with E-state index in [1.165, 1.54) is 11.3 Å². The molecule has 1 aliphatic heterocycles. The number of benzene rings is 1. The van der Waals surface area contributed by atoms with Gasteiger partial charge in [0.1, 0.15) is 4.83 Å². The van der Waals surface area contributed by atoms with E-state index in [1.54, 1.807) is 0 Å². The molecule has 0 saturated carbocycles. The van der Waals surface area contributed by atoms with Crippen molar-refractivity contribution in [3.05, 3.63) is 45.9 Å². The van der Waals surface area contributed by atoms with Crippen LogP contribution in [0.25, 0.3) is 15.9 Å². The van der Waals surface area contributed by atoms with Crippen molar-refractivity contribution in [2.75, 3.05) is 13.1 Å². The third-order valence-electron chi connectivity index (χ3n) is 4.53. The van der Waals surface area contributed by atoms with Gasteiger partial charge in [-0.05, 0) is 51.1 Å². The Bertz CT molecular complexity index is 953. The lowest BCUT2D eigenvalue weighted by Gasteiger charge is -2.35. The monoisotopic (exact) mass is 389 g/mol. The van der Waals surface area contributed by atoms with E-state index in [4.69, 9.17) is 16.3 Å². The fraction of sp³-hybridized carbons (Fsp3) is 0.368. The summed E-state index contributed by atoms with van der Waals surface area (Å²) in [6, 6.07) is 9.51. The lowest BCUT2D eigenvalue weighted by Crippen LogP contribution is -2.48. The molecule has 0 N–H and O–H groups in total. The predicted octanol–water partition coefficient (Wildman–Crippen LogP) is 4.30. The molecule has 0 bridgehead atoms. The minimum Gasteiger partial charge on any atom is -0.372 e. The van der Waals surface area contributed by atoms with E-state index < -0.39 is 0 Å². The van der Waals surface area contributed by atoms with Crippen LogP contribution in [0.2, 0.25) is 5.02 Å². The highest BCUT2D eigenvalue weighted by atomic mass is 35.5. The summed E-state index contributed by atoms with van der Waals surface area (Å²) >= 11 is 7.47. The van der Waals surface area contributed by atoms with Gasteiger partial charge in [0, 0.05) is 23.5 Å². The molecule has 1 aliphatic rings. The molecule has 3 heterocycles. The zero-order valence-corrected chi connectivity index (χ0v) is 16.5. The fourth-order valence-electron chi connectivity index (χ4n) is 3.41. The summed E-state index contributed by atoms with van der Waals surface area (Å²) in [6.07, 6.45) is 0.117. The van der Waals surface area contributed by atoms with Crippen molar-refractivity contribution in [3.8, 4) is 5.69 Å². The van der Waals surface area contributed by atoms with Gasteiger partial charge in [0.05, 0.1) is 28.5 Å². The van der Waals surface area contributed by atoms with Gasteiger partial charge >= 0.3 is 0 Å². The Morgan fingerprint density at radius 1 is 1.23 bits per heavy atom. The maximum atomic E-state index is 13.0. The van der Waals surface area contributed by atoms with Gasteiger partial charge in [-0.25, -0.2) is 4.68 Å². The highest BCUT2D eigenvalue weighted by Gasteiger charge is 2.28.